The number of benzene rings is 1. The molecule has 1 aromatic carbocycles. The second-order valence-electron chi connectivity index (χ2n) is 4.06. The number of halogens is 2. The second-order valence-corrected chi connectivity index (χ2v) is 4.06. The molecule has 3 amide bonds. The first kappa shape index (κ1) is 14.5. The SMILES string of the molecule is Cc1ccc(NC(=O)NC(=O)c2c(F)cccc2F)nn1. The van der Waals surface area contributed by atoms with Crippen molar-refractivity contribution in [3.63, 3.8) is 0 Å². The molecule has 0 radical (unpaired) electrons. The van der Waals surface area contributed by atoms with Crippen LogP contribution in [0.5, 0.6) is 0 Å². The van der Waals surface area contributed by atoms with Gasteiger partial charge in [-0.1, -0.05) is 6.07 Å². The van der Waals surface area contributed by atoms with Crippen molar-refractivity contribution in [3.05, 3.63) is 53.2 Å². The molecule has 2 rings (SSSR count). The Kier molecular flexibility index (Phi) is 4.17. The molecule has 0 aliphatic carbocycles. The summed E-state index contributed by atoms with van der Waals surface area (Å²) in [6.45, 7) is 1.71. The van der Waals surface area contributed by atoms with Gasteiger partial charge in [-0.05, 0) is 31.2 Å². The van der Waals surface area contributed by atoms with Crippen LogP contribution in [0.3, 0.4) is 0 Å². The summed E-state index contributed by atoms with van der Waals surface area (Å²) in [5.74, 6) is -3.21. The number of rotatable bonds is 2. The number of nitrogens with zero attached hydrogens (tertiary/aromatic N) is 2. The molecule has 6 nitrogen and oxygen atoms in total. The summed E-state index contributed by atoms with van der Waals surface area (Å²) >= 11 is 0. The summed E-state index contributed by atoms with van der Waals surface area (Å²) < 4.78 is 26.7. The highest BCUT2D eigenvalue weighted by molar-refractivity contribution is 6.07. The molecular weight excluding hydrogens is 282 g/mol. The van der Waals surface area contributed by atoms with Gasteiger partial charge in [-0.15, -0.1) is 5.10 Å². The van der Waals surface area contributed by atoms with Crippen LogP contribution in [-0.2, 0) is 0 Å². The number of imide groups is 1. The first-order valence-corrected chi connectivity index (χ1v) is 5.84. The number of aryl methyl sites for hydroxylation is 1. The van der Waals surface area contributed by atoms with E-state index in [0.29, 0.717) is 5.69 Å². The molecule has 0 spiro atoms. The third-order valence-electron chi connectivity index (χ3n) is 2.46. The van der Waals surface area contributed by atoms with Crippen molar-refractivity contribution >= 4 is 17.8 Å². The van der Waals surface area contributed by atoms with Crippen LogP contribution in [-0.4, -0.2) is 22.1 Å². The lowest BCUT2D eigenvalue weighted by molar-refractivity contribution is 0.0959. The first-order chi connectivity index (χ1) is 9.97. The van der Waals surface area contributed by atoms with Crippen molar-refractivity contribution in [1.82, 2.24) is 15.5 Å². The third kappa shape index (κ3) is 3.56. The lowest BCUT2D eigenvalue weighted by Crippen LogP contribution is -2.35. The van der Waals surface area contributed by atoms with E-state index in [0.717, 1.165) is 18.2 Å². The summed E-state index contributed by atoms with van der Waals surface area (Å²) in [6, 6.07) is 5.05. The Hall–Kier alpha value is -2.90. The molecule has 108 valence electrons. The van der Waals surface area contributed by atoms with Crippen molar-refractivity contribution in [3.8, 4) is 0 Å². The molecule has 8 heteroatoms. The minimum atomic E-state index is -1.19. The molecular formula is C13H10F2N4O2. The molecule has 1 aromatic heterocycles. The number of hydrogen-bond acceptors (Lipinski definition) is 4. The molecule has 0 fully saturated rings. The zero-order chi connectivity index (χ0) is 15.4. The maximum Gasteiger partial charge on any atom is 0.327 e. The molecule has 21 heavy (non-hydrogen) atoms. The smallest absolute Gasteiger partial charge is 0.290 e. The molecule has 1 heterocycles. The molecule has 0 aliphatic rings. The number of hydrogen-bond donors (Lipinski definition) is 2. The maximum absolute atomic E-state index is 13.4. The lowest BCUT2D eigenvalue weighted by atomic mass is 10.2. The highest BCUT2D eigenvalue weighted by Gasteiger charge is 2.19. The molecule has 2 aromatic rings. The van der Waals surface area contributed by atoms with Crippen LogP contribution < -0.4 is 10.6 Å². The van der Waals surface area contributed by atoms with Crippen molar-refractivity contribution < 1.29 is 18.4 Å². The predicted octanol–water partition coefficient (Wildman–Crippen LogP) is 2.03. The van der Waals surface area contributed by atoms with E-state index in [1.807, 2.05) is 0 Å². The molecule has 0 saturated heterocycles. The van der Waals surface area contributed by atoms with Gasteiger partial charge in [0.15, 0.2) is 5.82 Å². The molecule has 0 atom stereocenters. The zero-order valence-electron chi connectivity index (χ0n) is 10.9. The lowest BCUT2D eigenvalue weighted by Gasteiger charge is -2.07. The van der Waals surface area contributed by atoms with Crippen molar-refractivity contribution in [2.45, 2.75) is 6.92 Å². The minimum Gasteiger partial charge on any atom is -0.290 e. The number of aromatic nitrogens is 2. The zero-order valence-corrected chi connectivity index (χ0v) is 10.9. The van der Waals surface area contributed by atoms with Crippen LogP contribution in [0.15, 0.2) is 30.3 Å². The average molecular weight is 292 g/mol. The van der Waals surface area contributed by atoms with Crippen molar-refractivity contribution in [2.75, 3.05) is 5.32 Å². The predicted molar refractivity (Wildman–Crippen MR) is 69.6 cm³/mol. The van der Waals surface area contributed by atoms with Gasteiger partial charge >= 0.3 is 6.03 Å². The summed E-state index contributed by atoms with van der Waals surface area (Å²) in [4.78, 5) is 23.2. The van der Waals surface area contributed by atoms with Crippen LogP contribution >= 0.6 is 0 Å². The van der Waals surface area contributed by atoms with Gasteiger partial charge < -0.3 is 0 Å². The van der Waals surface area contributed by atoms with E-state index >= 15 is 0 Å². The number of nitrogens with one attached hydrogen (secondary N) is 2. The fourth-order valence-electron chi connectivity index (χ4n) is 1.49. The van der Waals surface area contributed by atoms with Crippen LogP contribution in [0.2, 0.25) is 0 Å². The Morgan fingerprint density at radius 1 is 1.05 bits per heavy atom. The van der Waals surface area contributed by atoms with Gasteiger partial charge in [-0.25, -0.2) is 13.6 Å². The highest BCUT2D eigenvalue weighted by Crippen LogP contribution is 2.11. The number of carbonyl (C=O) groups is 2. The van der Waals surface area contributed by atoms with Gasteiger partial charge in [-0.3, -0.25) is 15.4 Å². The molecule has 0 bridgehead atoms. The minimum absolute atomic E-state index is 0.0971. The highest BCUT2D eigenvalue weighted by atomic mass is 19.1. The normalized spacial score (nSPS) is 10.0. The fourth-order valence-corrected chi connectivity index (χ4v) is 1.49. The summed E-state index contributed by atoms with van der Waals surface area (Å²) in [5.41, 5.74) is -0.187. The average Bonchev–Trinajstić information content (AvgIpc) is 2.41. The fraction of sp³-hybridized carbons (Fsp3) is 0.0769. The Morgan fingerprint density at radius 2 is 1.71 bits per heavy atom. The number of anilines is 1. The van der Waals surface area contributed by atoms with Crippen LogP contribution in [0.25, 0.3) is 0 Å². The maximum atomic E-state index is 13.4. The van der Waals surface area contributed by atoms with Gasteiger partial charge in [0.05, 0.1) is 5.69 Å². The Morgan fingerprint density at radius 3 is 2.29 bits per heavy atom. The van der Waals surface area contributed by atoms with Crippen LogP contribution in [0.1, 0.15) is 16.1 Å². The van der Waals surface area contributed by atoms with E-state index in [1.54, 1.807) is 18.3 Å². The van der Waals surface area contributed by atoms with Crippen molar-refractivity contribution in [2.24, 2.45) is 0 Å². The topological polar surface area (TPSA) is 84.0 Å². The Bertz CT molecular complexity index is 669. The third-order valence-corrected chi connectivity index (χ3v) is 2.46. The first-order valence-electron chi connectivity index (χ1n) is 5.84. The number of urea groups is 1. The van der Waals surface area contributed by atoms with E-state index in [1.165, 1.54) is 6.07 Å². The summed E-state index contributed by atoms with van der Waals surface area (Å²) in [7, 11) is 0. The van der Waals surface area contributed by atoms with E-state index in [-0.39, 0.29) is 5.82 Å². The van der Waals surface area contributed by atoms with Crippen LogP contribution in [0, 0.1) is 18.6 Å². The second kappa shape index (κ2) is 6.04. The summed E-state index contributed by atoms with van der Waals surface area (Å²) in [5, 5.41) is 11.4. The van der Waals surface area contributed by atoms with E-state index in [9.17, 15) is 18.4 Å². The quantitative estimate of drug-likeness (QED) is 0.887. The molecule has 2 N–H and O–H groups in total. The van der Waals surface area contributed by atoms with E-state index < -0.39 is 29.1 Å². The van der Waals surface area contributed by atoms with Crippen LogP contribution in [0.4, 0.5) is 19.4 Å². The van der Waals surface area contributed by atoms with Gasteiger partial charge in [0.25, 0.3) is 5.91 Å². The summed E-state index contributed by atoms with van der Waals surface area (Å²) in [6.07, 6.45) is 0. The standard InChI is InChI=1S/C13H10F2N4O2/c1-7-5-6-10(19-18-7)16-13(21)17-12(20)11-8(14)3-2-4-9(11)15/h2-6H,1H3,(H2,16,17,19,20,21). The van der Waals surface area contributed by atoms with Crippen molar-refractivity contribution in [1.29, 1.82) is 0 Å². The van der Waals surface area contributed by atoms with E-state index in [4.69, 9.17) is 0 Å². The molecule has 0 unspecified atom stereocenters. The van der Waals surface area contributed by atoms with Gasteiger partial charge in [0.1, 0.15) is 17.2 Å². The van der Waals surface area contributed by atoms with Gasteiger partial charge in [0, 0.05) is 0 Å². The monoisotopic (exact) mass is 292 g/mol. The van der Waals surface area contributed by atoms with Gasteiger partial charge in [0.2, 0.25) is 0 Å². The Labute approximate surface area is 118 Å². The van der Waals surface area contributed by atoms with Gasteiger partial charge in [-0.2, -0.15) is 5.10 Å². The Balaban J connectivity index is 2.06. The molecule has 0 saturated carbocycles. The number of amides is 3. The largest absolute Gasteiger partial charge is 0.327 e. The number of carbonyl (C=O) groups excluding carboxylic acids is 2. The molecule has 0 aliphatic heterocycles. The van der Waals surface area contributed by atoms with E-state index in [2.05, 4.69) is 15.5 Å².